The van der Waals surface area contributed by atoms with E-state index in [9.17, 15) is 19.1 Å². The number of nitrogens with two attached hydrogens (primary N) is 1. The molecule has 2 aliphatic carbocycles. The smallest absolute Gasteiger partial charge is 0.341 e. The van der Waals surface area contributed by atoms with E-state index in [4.69, 9.17) is 17.3 Å². The third-order valence-electron chi connectivity index (χ3n) is 6.20. The van der Waals surface area contributed by atoms with E-state index >= 15 is 4.39 Å². The van der Waals surface area contributed by atoms with E-state index in [1.807, 2.05) is 24.3 Å². The number of aromatic carboxylic acids is 1. The van der Waals surface area contributed by atoms with E-state index in [1.165, 1.54) is 4.57 Å². The van der Waals surface area contributed by atoms with Gasteiger partial charge in [0.25, 0.3) is 0 Å². The lowest BCUT2D eigenvalue weighted by molar-refractivity contribution is 0.0694. The molecule has 0 bridgehead atoms. The zero-order valence-electron chi connectivity index (χ0n) is 15.7. The fourth-order valence-corrected chi connectivity index (χ4v) is 4.92. The van der Waals surface area contributed by atoms with Gasteiger partial charge in [0.05, 0.1) is 33.2 Å². The molecule has 6 nitrogen and oxygen atoms in total. The first-order valence-corrected chi connectivity index (χ1v) is 9.93. The lowest BCUT2D eigenvalue weighted by Gasteiger charge is -2.27. The Kier molecular flexibility index (Phi) is 4.10. The number of hydrogen-bond donors (Lipinski definition) is 2. The van der Waals surface area contributed by atoms with Crippen molar-refractivity contribution in [2.45, 2.75) is 24.2 Å². The van der Waals surface area contributed by atoms with Crippen molar-refractivity contribution in [3.8, 4) is 0 Å². The highest BCUT2D eigenvalue weighted by molar-refractivity contribution is 6.38. The van der Waals surface area contributed by atoms with E-state index in [0.29, 0.717) is 13.1 Å². The molecule has 1 aromatic heterocycles. The van der Waals surface area contributed by atoms with Gasteiger partial charge in [-0.2, -0.15) is 0 Å². The Bertz CT molecular complexity index is 1220. The minimum atomic E-state index is -1.46. The Morgan fingerprint density at radius 1 is 1.37 bits per heavy atom. The van der Waals surface area contributed by atoms with Crippen LogP contribution in [0.5, 0.6) is 0 Å². The maximum absolute atomic E-state index is 15.2. The number of rotatable bonds is 3. The molecule has 2 aromatic rings. The Morgan fingerprint density at radius 2 is 2.10 bits per heavy atom. The average molecular weight is 434 g/mol. The summed E-state index contributed by atoms with van der Waals surface area (Å²) in [4.78, 5) is 25.9. The van der Waals surface area contributed by atoms with Crippen LogP contribution in [0.1, 0.15) is 22.8 Å². The van der Waals surface area contributed by atoms with Crippen molar-refractivity contribution in [2.24, 2.45) is 11.7 Å². The predicted octanol–water partition coefficient (Wildman–Crippen LogP) is 3.03. The SMILES string of the molecule is N[C@@]12C=CC=C[C@H]1CN(c1c(F)cc3c(=O)c(C(=O)O)cn([C@@H]4C[C@@H]4F)c3c1Cl)C2. The predicted molar refractivity (Wildman–Crippen MR) is 110 cm³/mol. The number of allylic oxidation sites excluding steroid dienone is 2. The lowest BCUT2D eigenvalue weighted by Crippen LogP contribution is -2.46. The monoisotopic (exact) mass is 433 g/mol. The van der Waals surface area contributed by atoms with Crippen LogP contribution >= 0.6 is 11.6 Å². The summed E-state index contributed by atoms with van der Waals surface area (Å²) >= 11 is 6.61. The molecule has 0 radical (unpaired) electrons. The summed E-state index contributed by atoms with van der Waals surface area (Å²) in [5.74, 6) is -2.25. The summed E-state index contributed by atoms with van der Waals surface area (Å²) in [7, 11) is 0. The Labute approximate surface area is 174 Å². The Hall–Kier alpha value is -2.71. The summed E-state index contributed by atoms with van der Waals surface area (Å²) in [6.07, 6.45) is 7.66. The van der Waals surface area contributed by atoms with Crippen molar-refractivity contribution in [2.75, 3.05) is 18.0 Å². The first-order chi connectivity index (χ1) is 14.2. The summed E-state index contributed by atoms with van der Waals surface area (Å²) in [6, 6.07) is 0.351. The van der Waals surface area contributed by atoms with Gasteiger partial charge in [-0.15, -0.1) is 0 Å². The normalized spacial score (nSPS) is 29.5. The molecule has 0 spiro atoms. The molecule has 3 aliphatic rings. The quantitative estimate of drug-likeness (QED) is 0.776. The second kappa shape index (κ2) is 6.39. The van der Waals surface area contributed by atoms with Crippen LogP contribution in [0.15, 0.2) is 41.4 Å². The van der Waals surface area contributed by atoms with Crippen molar-refractivity contribution in [3.05, 3.63) is 63.2 Å². The number of benzene rings is 1. The van der Waals surface area contributed by atoms with Crippen LogP contribution in [0, 0.1) is 11.7 Å². The van der Waals surface area contributed by atoms with E-state index in [1.54, 1.807) is 4.90 Å². The van der Waals surface area contributed by atoms with Crippen molar-refractivity contribution in [3.63, 3.8) is 0 Å². The number of fused-ring (bicyclic) bond motifs is 2. The molecule has 2 fully saturated rings. The van der Waals surface area contributed by atoms with Crippen LogP contribution < -0.4 is 16.1 Å². The number of anilines is 1. The van der Waals surface area contributed by atoms with Gasteiger partial charge in [-0.3, -0.25) is 4.79 Å². The lowest BCUT2D eigenvalue weighted by atomic mass is 9.85. The number of carboxylic acid groups (broad SMARTS) is 1. The van der Waals surface area contributed by atoms with Crippen LogP contribution in [0.4, 0.5) is 14.5 Å². The van der Waals surface area contributed by atoms with Gasteiger partial charge in [0.1, 0.15) is 17.6 Å². The van der Waals surface area contributed by atoms with Crippen LogP contribution in [0.3, 0.4) is 0 Å². The second-order valence-electron chi connectivity index (χ2n) is 8.16. The minimum absolute atomic E-state index is 0.0381. The number of pyridine rings is 1. The van der Waals surface area contributed by atoms with Gasteiger partial charge in [0.2, 0.25) is 5.43 Å². The van der Waals surface area contributed by atoms with Crippen molar-refractivity contribution in [1.29, 1.82) is 0 Å². The number of carbonyl (C=O) groups is 1. The second-order valence-corrected chi connectivity index (χ2v) is 8.54. The maximum Gasteiger partial charge on any atom is 0.341 e. The molecule has 2 heterocycles. The zero-order chi connectivity index (χ0) is 21.4. The molecule has 4 atom stereocenters. The number of alkyl halides is 1. The Morgan fingerprint density at radius 3 is 2.73 bits per heavy atom. The molecule has 9 heteroatoms. The summed E-state index contributed by atoms with van der Waals surface area (Å²) < 4.78 is 30.4. The highest BCUT2D eigenvalue weighted by Gasteiger charge is 2.44. The van der Waals surface area contributed by atoms with Crippen LogP contribution in [0.2, 0.25) is 5.02 Å². The highest BCUT2D eigenvalue weighted by Crippen LogP contribution is 2.45. The van der Waals surface area contributed by atoms with Crippen molar-refractivity contribution in [1.82, 2.24) is 4.57 Å². The first kappa shape index (κ1) is 19.3. The van der Waals surface area contributed by atoms with Gasteiger partial charge in [-0.05, 0) is 6.07 Å². The molecular weight excluding hydrogens is 416 g/mol. The third kappa shape index (κ3) is 2.70. The fourth-order valence-electron chi connectivity index (χ4n) is 4.51. The minimum Gasteiger partial charge on any atom is -0.477 e. The molecule has 0 amide bonds. The molecule has 1 aromatic carbocycles. The Balaban J connectivity index is 1.73. The highest BCUT2D eigenvalue weighted by atomic mass is 35.5. The largest absolute Gasteiger partial charge is 0.477 e. The number of aromatic nitrogens is 1. The summed E-state index contributed by atoms with van der Waals surface area (Å²) in [5, 5.41) is 9.13. The summed E-state index contributed by atoms with van der Waals surface area (Å²) in [6.45, 7) is 0.735. The standard InChI is InChI=1S/C21H18ClF2N3O3/c22-16-17-11(19(28)12(20(29)30)8-27(17)15-6-13(15)23)5-14(24)18(16)26-7-10-3-1-2-4-21(10,25)9-26/h1-5,8,10,13,15H,6-7,9,25H2,(H,29,30)/t10-,13-,15+,21+/m0/s1. The van der Waals surface area contributed by atoms with Crippen molar-refractivity contribution >= 4 is 34.2 Å². The molecular formula is C21H18ClF2N3O3. The number of nitrogens with zero attached hydrogens (tertiary/aromatic N) is 2. The van der Waals surface area contributed by atoms with Gasteiger partial charge < -0.3 is 20.3 Å². The van der Waals surface area contributed by atoms with E-state index in [-0.39, 0.29) is 34.0 Å². The molecule has 3 N–H and O–H groups in total. The first-order valence-electron chi connectivity index (χ1n) is 9.55. The topological polar surface area (TPSA) is 88.6 Å². The number of hydrogen-bond acceptors (Lipinski definition) is 4. The average Bonchev–Trinajstić information content (AvgIpc) is 3.29. The van der Waals surface area contributed by atoms with E-state index < -0.39 is 40.5 Å². The van der Waals surface area contributed by atoms with Gasteiger partial charge in [0.15, 0.2) is 0 Å². The molecule has 5 rings (SSSR count). The molecule has 1 saturated heterocycles. The van der Waals surface area contributed by atoms with Crippen LogP contribution in [0.25, 0.3) is 10.9 Å². The van der Waals surface area contributed by atoms with Gasteiger partial charge in [-0.25, -0.2) is 13.6 Å². The van der Waals surface area contributed by atoms with E-state index in [2.05, 4.69) is 0 Å². The van der Waals surface area contributed by atoms with Crippen molar-refractivity contribution < 1.29 is 18.7 Å². The van der Waals surface area contributed by atoms with Gasteiger partial charge >= 0.3 is 5.97 Å². The van der Waals surface area contributed by atoms with Crippen LogP contribution in [-0.4, -0.2) is 40.4 Å². The maximum atomic E-state index is 15.2. The molecule has 1 aliphatic heterocycles. The number of carboxylic acids is 1. The molecule has 1 saturated carbocycles. The fraction of sp³-hybridized carbons (Fsp3) is 0.333. The van der Waals surface area contributed by atoms with Gasteiger partial charge in [0, 0.05) is 31.6 Å². The van der Waals surface area contributed by atoms with Crippen LogP contribution in [-0.2, 0) is 0 Å². The molecule has 0 unspecified atom stereocenters. The number of halogens is 3. The molecule has 30 heavy (non-hydrogen) atoms. The molecule has 156 valence electrons. The van der Waals surface area contributed by atoms with Gasteiger partial charge in [-0.1, -0.05) is 35.9 Å². The third-order valence-corrected chi connectivity index (χ3v) is 6.56. The van der Waals surface area contributed by atoms with E-state index in [0.717, 1.165) is 12.3 Å². The zero-order valence-corrected chi connectivity index (χ0v) is 16.4. The summed E-state index contributed by atoms with van der Waals surface area (Å²) in [5.41, 5.74) is 4.62.